The lowest BCUT2D eigenvalue weighted by molar-refractivity contribution is 0.421. The van der Waals surface area contributed by atoms with E-state index in [2.05, 4.69) is 44.0 Å². The van der Waals surface area contributed by atoms with Gasteiger partial charge in [-0.3, -0.25) is 9.34 Å². The molecule has 0 aromatic rings. The zero-order valence-corrected chi connectivity index (χ0v) is 14.3. The van der Waals surface area contributed by atoms with Crippen molar-refractivity contribution in [1.82, 2.24) is 9.34 Å². The Kier molecular flexibility index (Phi) is 12.6. The van der Waals surface area contributed by atoms with Crippen molar-refractivity contribution >= 4 is 8.22 Å². The molecule has 0 aromatic carbocycles. The van der Waals surface area contributed by atoms with Crippen LogP contribution in [0.25, 0.3) is 0 Å². The Morgan fingerprint density at radius 3 is 1.44 bits per heavy atom. The third-order valence-electron chi connectivity index (χ3n) is 3.57. The Bertz CT molecular complexity index is 156. The molecule has 0 unspecified atom stereocenters. The molecular formula is C15H35N2P. The first-order valence-electron chi connectivity index (χ1n) is 8.02. The fraction of sp³-hybridized carbons (Fsp3) is 1.00. The van der Waals surface area contributed by atoms with Gasteiger partial charge >= 0.3 is 0 Å². The predicted molar refractivity (Wildman–Crippen MR) is 86.4 cm³/mol. The van der Waals surface area contributed by atoms with Gasteiger partial charge in [0.15, 0.2) is 0 Å². The van der Waals surface area contributed by atoms with Crippen LogP contribution in [-0.2, 0) is 0 Å². The summed E-state index contributed by atoms with van der Waals surface area (Å²) >= 11 is 0. The molecule has 0 aliphatic rings. The van der Waals surface area contributed by atoms with Crippen LogP contribution >= 0.6 is 8.22 Å². The minimum Gasteiger partial charge on any atom is -0.270 e. The van der Waals surface area contributed by atoms with E-state index in [1.54, 1.807) is 0 Å². The largest absolute Gasteiger partial charge is 0.270 e. The van der Waals surface area contributed by atoms with Gasteiger partial charge in [-0.05, 0) is 12.6 Å². The lowest BCUT2D eigenvalue weighted by atomic mass is 10.2. The van der Waals surface area contributed by atoms with Gasteiger partial charge in [0.05, 0.1) is 0 Å². The number of hydrogen-bond acceptors (Lipinski definition) is 2. The van der Waals surface area contributed by atoms with Crippen LogP contribution in [-0.4, -0.2) is 41.7 Å². The van der Waals surface area contributed by atoms with Crippen LogP contribution in [0.2, 0.25) is 0 Å². The third kappa shape index (κ3) is 7.07. The summed E-state index contributed by atoms with van der Waals surface area (Å²) in [5, 5.41) is 0. The van der Waals surface area contributed by atoms with Crippen molar-refractivity contribution in [2.45, 2.75) is 66.7 Å². The second-order valence-electron chi connectivity index (χ2n) is 4.79. The molecule has 0 saturated carbocycles. The van der Waals surface area contributed by atoms with E-state index in [0.29, 0.717) is 0 Å². The van der Waals surface area contributed by atoms with Crippen molar-refractivity contribution in [2.24, 2.45) is 0 Å². The third-order valence-corrected chi connectivity index (χ3v) is 6.73. The molecule has 0 aliphatic carbocycles. The first-order chi connectivity index (χ1) is 8.74. The lowest BCUT2D eigenvalue weighted by Gasteiger charge is -2.37. The first-order valence-corrected chi connectivity index (χ1v) is 9.45. The maximum absolute atomic E-state index is 2.68. The maximum atomic E-state index is 2.68. The Labute approximate surface area is 117 Å². The minimum absolute atomic E-state index is 0.0421. The molecule has 0 radical (unpaired) electrons. The van der Waals surface area contributed by atoms with Crippen molar-refractivity contribution in [3.8, 4) is 0 Å². The Hall–Kier alpha value is 0.350. The zero-order chi connectivity index (χ0) is 13.8. The van der Waals surface area contributed by atoms with Crippen molar-refractivity contribution in [2.75, 3.05) is 32.3 Å². The molecule has 0 spiro atoms. The fourth-order valence-electron chi connectivity index (χ4n) is 2.42. The fourth-order valence-corrected chi connectivity index (χ4v) is 5.15. The van der Waals surface area contributed by atoms with Crippen molar-refractivity contribution in [1.29, 1.82) is 0 Å². The molecule has 110 valence electrons. The highest BCUT2D eigenvalue weighted by Crippen LogP contribution is 2.44. The number of hydrogen-bond donors (Lipinski definition) is 0. The highest BCUT2D eigenvalue weighted by molar-refractivity contribution is 7.52. The van der Waals surface area contributed by atoms with Crippen molar-refractivity contribution in [3.63, 3.8) is 0 Å². The monoisotopic (exact) mass is 274 g/mol. The molecule has 18 heavy (non-hydrogen) atoms. The molecule has 0 aromatic heterocycles. The molecule has 0 rings (SSSR count). The molecule has 0 heterocycles. The molecule has 2 nitrogen and oxygen atoms in total. The van der Waals surface area contributed by atoms with Crippen LogP contribution < -0.4 is 0 Å². The van der Waals surface area contributed by atoms with E-state index in [4.69, 9.17) is 0 Å². The molecule has 0 N–H and O–H groups in total. The van der Waals surface area contributed by atoms with Gasteiger partial charge in [0, 0.05) is 34.4 Å². The first kappa shape index (κ1) is 18.4. The SMILES string of the molecule is CCCCCCCP(N(CC)CC)N(CC)CC. The quantitative estimate of drug-likeness (QED) is 0.367. The molecule has 0 atom stereocenters. The summed E-state index contributed by atoms with van der Waals surface area (Å²) in [6, 6.07) is 0. The second kappa shape index (κ2) is 12.4. The van der Waals surface area contributed by atoms with Crippen molar-refractivity contribution < 1.29 is 0 Å². The molecule has 0 bridgehead atoms. The van der Waals surface area contributed by atoms with E-state index in [0.717, 1.165) is 0 Å². The molecular weight excluding hydrogens is 239 g/mol. The van der Waals surface area contributed by atoms with E-state index >= 15 is 0 Å². The van der Waals surface area contributed by atoms with Crippen LogP contribution in [0.1, 0.15) is 66.7 Å². The van der Waals surface area contributed by atoms with E-state index in [1.807, 2.05) is 0 Å². The topological polar surface area (TPSA) is 6.48 Å². The van der Waals surface area contributed by atoms with Gasteiger partial charge < -0.3 is 0 Å². The average Bonchev–Trinajstić information content (AvgIpc) is 2.40. The molecule has 0 fully saturated rings. The van der Waals surface area contributed by atoms with E-state index in [-0.39, 0.29) is 8.22 Å². The van der Waals surface area contributed by atoms with Crippen LogP contribution in [0.4, 0.5) is 0 Å². The summed E-state index contributed by atoms with van der Waals surface area (Å²) < 4.78 is 5.37. The van der Waals surface area contributed by atoms with E-state index in [1.165, 1.54) is 64.4 Å². The van der Waals surface area contributed by atoms with Crippen molar-refractivity contribution in [3.05, 3.63) is 0 Å². The van der Waals surface area contributed by atoms with Gasteiger partial charge in [-0.2, -0.15) is 0 Å². The lowest BCUT2D eigenvalue weighted by Crippen LogP contribution is -2.30. The van der Waals surface area contributed by atoms with Gasteiger partial charge in [0.1, 0.15) is 0 Å². The second-order valence-corrected chi connectivity index (χ2v) is 7.11. The summed E-state index contributed by atoms with van der Waals surface area (Å²) in [4.78, 5) is 0. The smallest absolute Gasteiger partial charge is 0.0394 e. The number of unbranched alkanes of at least 4 members (excludes halogenated alkanes) is 4. The summed E-state index contributed by atoms with van der Waals surface area (Å²) in [7, 11) is -0.0421. The van der Waals surface area contributed by atoms with Gasteiger partial charge in [-0.15, -0.1) is 0 Å². The Balaban J connectivity index is 4.19. The number of nitrogens with zero attached hydrogens (tertiary/aromatic N) is 2. The Morgan fingerprint density at radius 2 is 1.06 bits per heavy atom. The Morgan fingerprint density at radius 1 is 0.611 bits per heavy atom. The van der Waals surface area contributed by atoms with Crippen LogP contribution in [0, 0.1) is 0 Å². The average molecular weight is 274 g/mol. The van der Waals surface area contributed by atoms with Crippen LogP contribution in [0.3, 0.4) is 0 Å². The number of rotatable bonds is 12. The molecule has 0 aliphatic heterocycles. The zero-order valence-electron chi connectivity index (χ0n) is 13.4. The minimum atomic E-state index is -0.0421. The van der Waals surface area contributed by atoms with Gasteiger partial charge in [0.25, 0.3) is 0 Å². The molecule has 0 amide bonds. The van der Waals surface area contributed by atoms with E-state index in [9.17, 15) is 0 Å². The summed E-state index contributed by atoms with van der Waals surface area (Å²) in [5.41, 5.74) is 0. The van der Waals surface area contributed by atoms with Gasteiger partial charge in [-0.25, -0.2) is 0 Å². The maximum Gasteiger partial charge on any atom is 0.0394 e. The highest BCUT2D eigenvalue weighted by atomic mass is 31.1. The van der Waals surface area contributed by atoms with Crippen LogP contribution in [0.15, 0.2) is 0 Å². The summed E-state index contributed by atoms with van der Waals surface area (Å²) in [6.07, 6.45) is 8.43. The van der Waals surface area contributed by atoms with Gasteiger partial charge in [-0.1, -0.05) is 60.3 Å². The highest BCUT2D eigenvalue weighted by Gasteiger charge is 2.20. The standard InChI is InChI=1S/C15H35N2P/c1-6-11-12-13-14-15-18(16(7-2)8-3)17(9-4)10-5/h6-15H2,1-5H3. The summed E-state index contributed by atoms with van der Waals surface area (Å²) in [5.74, 6) is 0. The van der Waals surface area contributed by atoms with Gasteiger partial charge in [0.2, 0.25) is 0 Å². The molecule has 0 saturated heterocycles. The van der Waals surface area contributed by atoms with E-state index < -0.39 is 0 Å². The predicted octanol–water partition coefficient (Wildman–Crippen LogP) is 4.95. The normalized spacial score (nSPS) is 12.0. The summed E-state index contributed by atoms with van der Waals surface area (Å²) in [6.45, 7) is 16.3. The van der Waals surface area contributed by atoms with Crippen LogP contribution in [0.5, 0.6) is 0 Å². The molecule has 3 heteroatoms.